The van der Waals surface area contributed by atoms with Crippen LogP contribution < -0.4 is 16.1 Å². The van der Waals surface area contributed by atoms with Gasteiger partial charge in [-0.15, -0.1) is 0 Å². The monoisotopic (exact) mass is 487 g/mol. The molecule has 12 heteroatoms. The Labute approximate surface area is 198 Å². The maximum atomic E-state index is 12.4. The zero-order valence-electron chi connectivity index (χ0n) is 20.8. The fraction of sp³-hybridized carbons (Fsp3) is 0.636. The van der Waals surface area contributed by atoms with Crippen LogP contribution in [0.4, 0.5) is 28.4 Å². The van der Waals surface area contributed by atoms with Crippen LogP contribution >= 0.6 is 0 Å². The molecule has 3 amide bonds. The molecule has 8 nitrogen and oxygen atoms in total. The number of carbonyl (C=O) groups is 2. The summed E-state index contributed by atoms with van der Waals surface area (Å²) in [4.78, 5) is 25.8. The minimum absolute atomic E-state index is 0.112. The smallest absolute Gasteiger partial charge is 0.444 e. The van der Waals surface area contributed by atoms with Gasteiger partial charge in [-0.2, -0.15) is 13.2 Å². The van der Waals surface area contributed by atoms with Gasteiger partial charge in [-0.1, -0.05) is 6.07 Å². The number of alkyl halides is 3. The number of nitrogens with one attached hydrogen (secondary N) is 2. The van der Waals surface area contributed by atoms with Crippen molar-refractivity contribution in [3.8, 4) is 0 Å². The predicted octanol–water partition coefficient (Wildman–Crippen LogP) is 4.04. The Kier molecular flexibility index (Phi) is 7.88. The number of benzene rings is 1. The molecule has 0 bridgehead atoms. The highest BCUT2D eigenvalue weighted by atomic mass is 19.4. The molecule has 1 aliphatic rings. The molecule has 0 aliphatic carbocycles. The summed E-state index contributed by atoms with van der Waals surface area (Å²) >= 11 is 0. The summed E-state index contributed by atoms with van der Waals surface area (Å²) in [6.45, 7) is 11.4. The Hall–Kier alpha value is -2.47. The average molecular weight is 487 g/mol. The molecule has 1 aliphatic heterocycles. The predicted molar refractivity (Wildman–Crippen MR) is 123 cm³/mol. The third-order valence-corrected chi connectivity index (χ3v) is 5.37. The molecule has 1 aromatic carbocycles. The van der Waals surface area contributed by atoms with E-state index in [0.29, 0.717) is 11.0 Å². The average Bonchev–Trinajstić information content (AvgIpc) is 2.85. The van der Waals surface area contributed by atoms with E-state index in [-0.39, 0.29) is 12.2 Å². The van der Waals surface area contributed by atoms with E-state index in [9.17, 15) is 22.8 Å². The van der Waals surface area contributed by atoms with E-state index in [1.165, 1.54) is 4.90 Å². The third kappa shape index (κ3) is 7.80. The van der Waals surface area contributed by atoms with E-state index in [1.54, 1.807) is 51.3 Å². The lowest BCUT2D eigenvalue weighted by molar-refractivity contribution is -0.122. The third-order valence-electron chi connectivity index (χ3n) is 5.37. The molecule has 2 N–H and O–H groups in total. The van der Waals surface area contributed by atoms with Crippen LogP contribution in [0, 0.1) is 0 Å². The van der Waals surface area contributed by atoms with Crippen molar-refractivity contribution in [2.75, 3.05) is 18.9 Å². The SMILES string of the molecule is CN(Cc1cc(NC(=O)NCC(F)(F)F)cc(B2OC(C)(C)C(C)(C)O2)c1)C(=O)OC(C)(C)C. The Bertz CT molecular complexity index is 900. The van der Waals surface area contributed by atoms with Crippen molar-refractivity contribution in [3.05, 3.63) is 23.8 Å². The van der Waals surface area contributed by atoms with Crippen LogP contribution in [0.3, 0.4) is 0 Å². The highest BCUT2D eigenvalue weighted by Crippen LogP contribution is 2.36. The minimum atomic E-state index is -4.54. The highest BCUT2D eigenvalue weighted by molar-refractivity contribution is 6.62. The summed E-state index contributed by atoms with van der Waals surface area (Å²) in [6, 6.07) is 3.85. The van der Waals surface area contributed by atoms with Gasteiger partial charge in [0.25, 0.3) is 0 Å². The molecule has 0 radical (unpaired) electrons. The molecule has 0 aromatic heterocycles. The van der Waals surface area contributed by atoms with Gasteiger partial charge in [0.2, 0.25) is 0 Å². The Morgan fingerprint density at radius 3 is 2.12 bits per heavy atom. The number of rotatable bonds is 5. The van der Waals surface area contributed by atoms with Crippen LogP contribution in [0.1, 0.15) is 54.0 Å². The second kappa shape index (κ2) is 9.65. The molecule has 0 atom stereocenters. The summed E-state index contributed by atoms with van der Waals surface area (Å²) in [5.74, 6) is 0. The summed E-state index contributed by atoms with van der Waals surface area (Å²) in [7, 11) is 0.772. The van der Waals surface area contributed by atoms with E-state index in [0.717, 1.165) is 0 Å². The van der Waals surface area contributed by atoms with Crippen LogP contribution in [0.25, 0.3) is 0 Å². The van der Waals surface area contributed by atoms with Gasteiger partial charge in [-0.05, 0) is 71.6 Å². The first kappa shape index (κ1) is 27.8. The molecule has 0 unspecified atom stereocenters. The fourth-order valence-corrected chi connectivity index (χ4v) is 3.03. The molecule has 0 spiro atoms. The lowest BCUT2D eigenvalue weighted by atomic mass is 9.78. The van der Waals surface area contributed by atoms with Crippen molar-refractivity contribution < 1.29 is 36.8 Å². The molecule has 190 valence electrons. The number of urea groups is 1. The molecule has 1 saturated heterocycles. The van der Waals surface area contributed by atoms with Crippen molar-refractivity contribution in [3.63, 3.8) is 0 Å². The van der Waals surface area contributed by atoms with E-state index in [2.05, 4.69) is 5.32 Å². The summed E-state index contributed by atoms with van der Waals surface area (Å²) in [6.07, 6.45) is -5.09. The van der Waals surface area contributed by atoms with Crippen molar-refractivity contribution in [2.45, 2.75) is 78.0 Å². The van der Waals surface area contributed by atoms with Crippen molar-refractivity contribution in [1.29, 1.82) is 0 Å². The first-order chi connectivity index (χ1) is 15.3. The number of carbonyl (C=O) groups excluding carboxylic acids is 2. The number of anilines is 1. The Morgan fingerprint density at radius 1 is 1.06 bits per heavy atom. The molecular weight excluding hydrogens is 454 g/mol. The summed E-state index contributed by atoms with van der Waals surface area (Å²) < 4.78 is 54.8. The Balaban J connectivity index is 2.30. The second-order valence-corrected chi connectivity index (χ2v) is 10.3. The zero-order valence-corrected chi connectivity index (χ0v) is 20.8. The van der Waals surface area contributed by atoms with E-state index < -0.39 is 48.8 Å². The maximum absolute atomic E-state index is 12.4. The first-order valence-corrected chi connectivity index (χ1v) is 10.8. The quantitative estimate of drug-likeness (QED) is 0.613. The maximum Gasteiger partial charge on any atom is 0.494 e. The van der Waals surface area contributed by atoms with E-state index in [4.69, 9.17) is 14.0 Å². The topological polar surface area (TPSA) is 89.1 Å². The van der Waals surface area contributed by atoms with Gasteiger partial charge >= 0.3 is 25.4 Å². The molecule has 1 fully saturated rings. The van der Waals surface area contributed by atoms with Crippen molar-refractivity contribution in [1.82, 2.24) is 10.2 Å². The van der Waals surface area contributed by atoms with Gasteiger partial charge < -0.3 is 29.6 Å². The molecule has 34 heavy (non-hydrogen) atoms. The molecular formula is C22H33BF3N3O5. The van der Waals surface area contributed by atoms with Crippen molar-refractivity contribution in [2.24, 2.45) is 0 Å². The van der Waals surface area contributed by atoms with E-state index >= 15 is 0 Å². The molecule has 0 saturated carbocycles. The van der Waals surface area contributed by atoms with E-state index in [1.807, 2.05) is 27.7 Å². The number of halogens is 3. The van der Waals surface area contributed by atoms with Gasteiger partial charge in [0.15, 0.2) is 0 Å². The fourth-order valence-electron chi connectivity index (χ4n) is 3.03. The second-order valence-electron chi connectivity index (χ2n) is 10.3. The van der Waals surface area contributed by atoms with Crippen LogP contribution in [-0.4, -0.2) is 60.7 Å². The Morgan fingerprint density at radius 2 is 1.62 bits per heavy atom. The largest absolute Gasteiger partial charge is 0.494 e. The number of nitrogens with zero attached hydrogens (tertiary/aromatic N) is 1. The van der Waals surface area contributed by atoms with Crippen LogP contribution in [-0.2, 0) is 20.6 Å². The lowest BCUT2D eigenvalue weighted by Gasteiger charge is -2.32. The first-order valence-electron chi connectivity index (χ1n) is 10.8. The lowest BCUT2D eigenvalue weighted by Crippen LogP contribution is -2.41. The number of ether oxygens (including phenoxy) is 1. The number of hydrogen-bond acceptors (Lipinski definition) is 5. The summed E-state index contributed by atoms with van der Waals surface area (Å²) in [5.41, 5.74) is -0.581. The van der Waals surface area contributed by atoms with Gasteiger partial charge in [-0.25, -0.2) is 9.59 Å². The highest BCUT2D eigenvalue weighted by Gasteiger charge is 2.51. The van der Waals surface area contributed by atoms with Gasteiger partial charge in [0, 0.05) is 19.3 Å². The normalized spacial score (nSPS) is 17.3. The van der Waals surface area contributed by atoms with Gasteiger partial charge in [0.1, 0.15) is 12.1 Å². The molecule has 2 rings (SSSR count). The van der Waals surface area contributed by atoms with Crippen molar-refractivity contribution >= 4 is 30.4 Å². The molecule has 1 aromatic rings. The van der Waals surface area contributed by atoms with Gasteiger partial charge in [0.05, 0.1) is 11.2 Å². The minimum Gasteiger partial charge on any atom is -0.444 e. The number of amides is 3. The van der Waals surface area contributed by atoms with Gasteiger partial charge in [-0.3, -0.25) is 0 Å². The van der Waals surface area contributed by atoms with Crippen LogP contribution in [0.2, 0.25) is 0 Å². The number of hydrogen-bond donors (Lipinski definition) is 2. The summed E-state index contributed by atoms with van der Waals surface area (Å²) in [5, 5.41) is 4.17. The van der Waals surface area contributed by atoms with Crippen LogP contribution in [0.5, 0.6) is 0 Å². The zero-order chi connectivity index (χ0) is 26.1. The standard InChI is InChI=1S/C22H33BF3N3O5/c1-19(2,3)32-18(31)29(8)12-14-9-15(23-33-20(4,5)21(6,7)34-23)11-16(10-14)28-17(30)27-13-22(24,25)26/h9-11H,12-13H2,1-8H3,(H2,27,28,30). The van der Waals surface area contributed by atoms with Crippen LogP contribution in [0.15, 0.2) is 18.2 Å². The molecule has 1 heterocycles.